The molecule has 9 aromatic rings. The lowest BCUT2D eigenvalue weighted by molar-refractivity contribution is 0.446. The van der Waals surface area contributed by atoms with Crippen LogP contribution in [0, 0.1) is 19.3 Å². The molecule has 340 valence electrons. The number of allylic oxidation sites excluding steroid dienone is 1. The predicted octanol–water partition coefficient (Wildman–Crippen LogP) is 18.5. The molecule has 2 nitrogen and oxygen atoms in total. The van der Waals surface area contributed by atoms with Crippen molar-refractivity contribution in [2.45, 2.75) is 92.4 Å². The minimum atomic E-state index is -0.208. The summed E-state index contributed by atoms with van der Waals surface area (Å²) in [7, 11) is 0. The van der Waals surface area contributed by atoms with Gasteiger partial charge in [-0.25, -0.2) is 0 Å². The Kier molecular flexibility index (Phi) is 9.81. The summed E-state index contributed by atoms with van der Waals surface area (Å²) in [6.45, 7) is 21.2. The molecule has 9 aromatic carbocycles. The van der Waals surface area contributed by atoms with E-state index < -0.39 is 0 Å². The van der Waals surface area contributed by atoms with Crippen LogP contribution in [0.25, 0.3) is 55.4 Å². The van der Waals surface area contributed by atoms with Gasteiger partial charge in [0.2, 0.25) is 0 Å². The molecule has 2 heteroatoms. The highest BCUT2D eigenvalue weighted by atomic mass is 15.1. The number of anilines is 5. The van der Waals surface area contributed by atoms with E-state index in [2.05, 4.69) is 242 Å². The van der Waals surface area contributed by atoms with Crippen LogP contribution in [0.5, 0.6) is 0 Å². The smallest absolute Gasteiger partial charge is 0.0543 e. The molecule has 0 amide bonds. The molecule has 0 saturated carbocycles. The van der Waals surface area contributed by atoms with E-state index in [4.69, 9.17) is 0 Å². The van der Waals surface area contributed by atoms with Crippen LogP contribution < -0.4 is 10.2 Å². The summed E-state index contributed by atoms with van der Waals surface area (Å²) in [4.78, 5) is 2.61. The number of hydrogen-bond acceptors (Lipinski definition) is 2. The van der Waals surface area contributed by atoms with E-state index in [9.17, 15) is 0 Å². The Bertz CT molecular complexity index is 3600. The van der Waals surface area contributed by atoms with Crippen LogP contribution >= 0.6 is 0 Å². The zero-order valence-corrected chi connectivity index (χ0v) is 41.7. The minimum absolute atomic E-state index is 0.0597. The fourth-order valence-electron chi connectivity index (χ4n) is 12.8. The number of nitrogens with zero attached hydrogens (tertiary/aromatic N) is 1. The van der Waals surface area contributed by atoms with Gasteiger partial charge in [0.05, 0.1) is 11.4 Å². The van der Waals surface area contributed by atoms with Crippen LogP contribution in [0.1, 0.15) is 111 Å². The molecule has 0 spiro atoms. The molecule has 0 bridgehead atoms. The first-order chi connectivity index (χ1) is 33.2. The van der Waals surface area contributed by atoms with Crippen molar-refractivity contribution in [1.82, 2.24) is 0 Å². The topological polar surface area (TPSA) is 15.3 Å². The third kappa shape index (κ3) is 6.66. The summed E-state index contributed by atoms with van der Waals surface area (Å²) in [5.41, 5.74) is 25.7. The van der Waals surface area contributed by atoms with Gasteiger partial charge >= 0.3 is 0 Å². The van der Waals surface area contributed by atoms with Gasteiger partial charge < -0.3 is 10.2 Å². The van der Waals surface area contributed by atoms with Crippen LogP contribution in [0.15, 0.2) is 164 Å². The summed E-state index contributed by atoms with van der Waals surface area (Å²) in [5, 5.41) is 9.30. The first kappa shape index (κ1) is 43.1. The van der Waals surface area contributed by atoms with Gasteiger partial charge in [0.15, 0.2) is 0 Å². The van der Waals surface area contributed by atoms with E-state index in [1.165, 1.54) is 128 Å². The summed E-state index contributed by atoms with van der Waals surface area (Å²) in [5.74, 6) is 0. The molecular weight excluding hydrogens is 833 g/mol. The Balaban J connectivity index is 1.17. The molecule has 0 fully saturated rings. The minimum Gasteiger partial charge on any atom is -0.355 e. The third-order valence-corrected chi connectivity index (χ3v) is 16.4. The van der Waals surface area contributed by atoms with Gasteiger partial charge in [0, 0.05) is 33.3 Å². The summed E-state index contributed by atoms with van der Waals surface area (Å²) < 4.78 is 0. The van der Waals surface area contributed by atoms with Crippen molar-refractivity contribution in [1.29, 1.82) is 0 Å². The van der Waals surface area contributed by atoms with E-state index in [0.717, 1.165) is 24.9 Å². The molecule has 12 rings (SSSR count). The second kappa shape index (κ2) is 15.7. The quantitative estimate of drug-likeness (QED) is 0.160. The summed E-state index contributed by atoms with van der Waals surface area (Å²) >= 11 is 0. The highest BCUT2D eigenvalue weighted by Crippen LogP contribution is 2.58. The fraction of sp³-hybridized carbons (Fsp3) is 0.224. The van der Waals surface area contributed by atoms with Gasteiger partial charge in [0.1, 0.15) is 0 Å². The standard InChI is InChI=1S/C67H62N2/c1-10-44-38-46(68-58-23-15-19-51-49-17-11-13-21-55(49)66(6,7)63(51)58)40-54-48(44)33-34-53-60(39-45-35-36-65(4,5)57(61(45)62(53)54)37-43-29-25-41(2)26-30-43)69(47-31-27-42(3)28-32-47)59-24-16-20-52-50-18-12-14-22-56(50)67(8,9)64(52)59/h11-34,37-40,68H,10,35-36H2,1-9H3/b57-37-. The summed E-state index contributed by atoms with van der Waals surface area (Å²) in [6, 6.07) is 62.5. The monoisotopic (exact) mass is 894 g/mol. The van der Waals surface area contributed by atoms with Crippen LogP contribution in [0.4, 0.5) is 28.4 Å². The SMILES string of the molecule is CCc1cc(Nc2cccc3c2C(C)(C)c2ccccc2-3)cc2c1ccc1c(N(c3ccc(C)cc3)c3cccc4c3C(C)(C)c3ccccc3-4)cc3c(c12)/C(=C/c1ccc(C)cc1)C(C)(C)CC3. The van der Waals surface area contributed by atoms with Gasteiger partial charge in [-0.3, -0.25) is 0 Å². The highest BCUT2D eigenvalue weighted by molar-refractivity contribution is 6.20. The number of aryl methyl sites for hydroxylation is 4. The van der Waals surface area contributed by atoms with Crippen molar-refractivity contribution in [2.75, 3.05) is 10.2 Å². The lowest BCUT2D eigenvalue weighted by Crippen LogP contribution is -2.23. The second-order valence-corrected chi connectivity index (χ2v) is 21.9. The number of hydrogen-bond donors (Lipinski definition) is 1. The van der Waals surface area contributed by atoms with Crippen LogP contribution in [-0.4, -0.2) is 0 Å². The molecule has 1 N–H and O–H groups in total. The molecule has 69 heavy (non-hydrogen) atoms. The molecule has 0 heterocycles. The van der Waals surface area contributed by atoms with Crippen LogP contribution in [0.2, 0.25) is 0 Å². The van der Waals surface area contributed by atoms with Crippen molar-refractivity contribution in [2.24, 2.45) is 5.41 Å². The van der Waals surface area contributed by atoms with E-state index in [0.29, 0.717) is 0 Å². The molecule has 0 radical (unpaired) electrons. The Hall–Kier alpha value is -7.16. The molecule has 3 aliphatic carbocycles. The zero-order valence-electron chi connectivity index (χ0n) is 41.7. The van der Waals surface area contributed by atoms with Crippen molar-refractivity contribution < 1.29 is 0 Å². The average molecular weight is 895 g/mol. The van der Waals surface area contributed by atoms with Crippen molar-refractivity contribution >= 4 is 61.6 Å². The normalized spacial score (nSPS) is 16.2. The molecule has 3 aliphatic rings. The van der Waals surface area contributed by atoms with Gasteiger partial charge in [-0.15, -0.1) is 0 Å². The summed E-state index contributed by atoms with van der Waals surface area (Å²) in [6.07, 6.45) is 5.48. The maximum atomic E-state index is 4.09. The van der Waals surface area contributed by atoms with Crippen LogP contribution in [0.3, 0.4) is 0 Å². The molecule has 0 saturated heterocycles. The number of rotatable bonds is 7. The third-order valence-electron chi connectivity index (χ3n) is 16.4. The van der Waals surface area contributed by atoms with E-state index in [-0.39, 0.29) is 16.2 Å². The van der Waals surface area contributed by atoms with E-state index in [1.54, 1.807) is 0 Å². The first-order valence-electron chi connectivity index (χ1n) is 25.2. The lowest BCUT2D eigenvalue weighted by Gasteiger charge is -2.38. The Morgan fingerprint density at radius 3 is 1.83 bits per heavy atom. The number of benzene rings is 9. The Morgan fingerprint density at radius 2 is 1.14 bits per heavy atom. The van der Waals surface area contributed by atoms with Gasteiger partial charge in [-0.05, 0) is 169 Å². The molecule has 0 aromatic heterocycles. The maximum Gasteiger partial charge on any atom is 0.0543 e. The zero-order chi connectivity index (χ0) is 47.6. The predicted molar refractivity (Wildman–Crippen MR) is 296 cm³/mol. The van der Waals surface area contributed by atoms with E-state index >= 15 is 0 Å². The Labute approximate surface area is 409 Å². The lowest BCUT2D eigenvalue weighted by atomic mass is 9.68. The van der Waals surface area contributed by atoms with Crippen molar-refractivity contribution in [3.05, 3.63) is 219 Å². The van der Waals surface area contributed by atoms with Crippen LogP contribution in [-0.2, 0) is 23.7 Å². The molecule has 0 aliphatic heterocycles. The Morgan fingerprint density at radius 1 is 0.551 bits per heavy atom. The number of fused-ring (bicyclic) bond motifs is 11. The fourth-order valence-corrected chi connectivity index (χ4v) is 12.8. The van der Waals surface area contributed by atoms with Gasteiger partial charge in [0.25, 0.3) is 0 Å². The van der Waals surface area contributed by atoms with Gasteiger partial charge in [-0.2, -0.15) is 0 Å². The largest absolute Gasteiger partial charge is 0.355 e. The first-order valence-corrected chi connectivity index (χ1v) is 25.2. The van der Waals surface area contributed by atoms with Gasteiger partial charge in [-0.1, -0.05) is 187 Å². The van der Waals surface area contributed by atoms with Crippen molar-refractivity contribution in [3.63, 3.8) is 0 Å². The molecular formula is C67H62N2. The average Bonchev–Trinajstić information content (AvgIpc) is 3.73. The van der Waals surface area contributed by atoms with E-state index in [1.807, 2.05) is 0 Å². The maximum absolute atomic E-state index is 4.09. The molecule has 0 unspecified atom stereocenters. The molecule has 0 atom stereocenters. The second-order valence-electron chi connectivity index (χ2n) is 21.9. The van der Waals surface area contributed by atoms with Crippen molar-refractivity contribution in [3.8, 4) is 22.3 Å². The number of nitrogens with one attached hydrogen (secondary N) is 1. The highest BCUT2D eigenvalue weighted by Gasteiger charge is 2.41.